The Hall–Kier alpha value is -1.58. The Morgan fingerprint density at radius 1 is 1.55 bits per heavy atom. The van der Waals surface area contributed by atoms with Crippen molar-refractivity contribution in [2.75, 3.05) is 18.4 Å². The zero-order chi connectivity index (χ0) is 14.5. The lowest BCUT2D eigenvalue weighted by molar-refractivity contribution is 0.0701. The first kappa shape index (κ1) is 14.8. The third-order valence-corrected chi connectivity index (χ3v) is 3.89. The quantitative estimate of drug-likeness (QED) is 0.897. The van der Waals surface area contributed by atoms with Crippen LogP contribution in [0.4, 0.5) is 5.82 Å². The lowest BCUT2D eigenvalue weighted by Crippen LogP contribution is -2.38. The van der Waals surface area contributed by atoms with Gasteiger partial charge in [-0.25, -0.2) is 4.98 Å². The predicted octanol–water partition coefficient (Wildman–Crippen LogP) is 3.16. The molecule has 0 radical (unpaired) electrons. The van der Waals surface area contributed by atoms with Crippen molar-refractivity contribution in [3.63, 3.8) is 0 Å². The lowest BCUT2D eigenvalue weighted by Gasteiger charge is -2.27. The first-order valence-corrected chi connectivity index (χ1v) is 7.64. The highest BCUT2D eigenvalue weighted by atomic mass is 16.2. The molecule has 4 nitrogen and oxygen atoms in total. The molecule has 4 heteroatoms. The van der Waals surface area contributed by atoms with Gasteiger partial charge in [0.1, 0.15) is 5.82 Å². The van der Waals surface area contributed by atoms with E-state index in [0.29, 0.717) is 12.0 Å². The minimum absolute atomic E-state index is 0.142. The van der Waals surface area contributed by atoms with Crippen molar-refractivity contribution < 1.29 is 4.79 Å². The number of hydrogen-bond acceptors (Lipinski definition) is 3. The molecule has 1 amide bonds. The zero-order valence-electron chi connectivity index (χ0n) is 12.7. The van der Waals surface area contributed by atoms with Crippen LogP contribution >= 0.6 is 0 Å². The van der Waals surface area contributed by atoms with E-state index in [4.69, 9.17) is 0 Å². The Balaban J connectivity index is 2.12. The van der Waals surface area contributed by atoms with Gasteiger partial charge in [-0.2, -0.15) is 0 Å². The van der Waals surface area contributed by atoms with Gasteiger partial charge in [0.25, 0.3) is 5.91 Å². The molecule has 1 aliphatic rings. The first-order chi connectivity index (χ1) is 9.63. The van der Waals surface area contributed by atoms with Gasteiger partial charge in [0.15, 0.2) is 0 Å². The van der Waals surface area contributed by atoms with Gasteiger partial charge in [-0.05, 0) is 37.3 Å². The van der Waals surface area contributed by atoms with Crippen LogP contribution in [0, 0.1) is 5.92 Å². The molecule has 0 aliphatic carbocycles. The number of rotatable bonds is 5. The van der Waals surface area contributed by atoms with E-state index in [1.165, 1.54) is 0 Å². The average molecular weight is 275 g/mol. The van der Waals surface area contributed by atoms with Crippen molar-refractivity contribution >= 4 is 11.7 Å². The number of nitrogens with zero attached hydrogens (tertiary/aromatic N) is 2. The summed E-state index contributed by atoms with van der Waals surface area (Å²) < 4.78 is 0. The smallest absolute Gasteiger partial charge is 0.254 e. The summed E-state index contributed by atoms with van der Waals surface area (Å²) in [6.45, 7) is 8.25. The molecular weight excluding hydrogens is 250 g/mol. The fourth-order valence-corrected chi connectivity index (χ4v) is 2.82. The third kappa shape index (κ3) is 3.30. The van der Waals surface area contributed by atoms with E-state index in [1.807, 2.05) is 17.0 Å². The van der Waals surface area contributed by atoms with Crippen molar-refractivity contribution in [3.05, 3.63) is 23.9 Å². The summed E-state index contributed by atoms with van der Waals surface area (Å²) in [7, 11) is 0. The number of likely N-dealkylation sites (tertiary alicyclic amines) is 1. The van der Waals surface area contributed by atoms with Crippen molar-refractivity contribution in [1.29, 1.82) is 0 Å². The molecule has 0 aromatic carbocycles. The normalized spacial score (nSPS) is 18.6. The van der Waals surface area contributed by atoms with E-state index in [9.17, 15) is 4.79 Å². The SMILES string of the molecule is CCCNc1cc(C(=O)N2CCCC2C(C)C)ccn1. The molecule has 110 valence electrons. The van der Waals surface area contributed by atoms with Gasteiger partial charge in [-0.3, -0.25) is 4.79 Å². The highest BCUT2D eigenvalue weighted by Crippen LogP contribution is 2.25. The minimum Gasteiger partial charge on any atom is -0.370 e. The summed E-state index contributed by atoms with van der Waals surface area (Å²) in [5.74, 6) is 1.45. The number of pyridine rings is 1. The molecular formula is C16H25N3O. The molecule has 1 unspecified atom stereocenters. The van der Waals surface area contributed by atoms with Crippen LogP contribution in [0.3, 0.4) is 0 Å². The highest BCUT2D eigenvalue weighted by molar-refractivity contribution is 5.95. The van der Waals surface area contributed by atoms with Crippen LogP contribution in [-0.2, 0) is 0 Å². The Bertz CT molecular complexity index is 459. The van der Waals surface area contributed by atoms with Gasteiger partial charge in [0.2, 0.25) is 0 Å². The summed E-state index contributed by atoms with van der Waals surface area (Å²) in [6, 6.07) is 4.06. The van der Waals surface area contributed by atoms with Gasteiger partial charge >= 0.3 is 0 Å². The Morgan fingerprint density at radius 2 is 2.35 bits per heavy atom. The third-order valence-electron chi connectivity index (χ3n) is 3.89. The van der Waals surface area contributed by atoms with Crippen molar-refractivity contribution in [1.82, 2.24) is 9.88 Å². The Labute approximate surface area is 121 Å². The number of hydrogen-bond donors (Lipinski definition) is 1. The lowest BCUT2D eigenvalue weighted by atomic mass is 10.0. The maximum absolute atomic E-state index is 12.7. The monoisotopic (exact) mass is 275 g/mol. The molecule has 0 saturated carbocycles. The van der Waals surface area contributed by atoms with E-state index in [2.05, 4.69) is 31.1 Å². The molecule has 1 N–H and O–H groups in total. The molecule has 1 fully saturated rings. The maximum Gasteiger partial charge on any atom is 0.254 e. The largest absolute Gasteiger partial charge is 0.370 e. The van der Waals surface area contributed by atoms with Crippen LogP contribution < -0.4 is 5.32 Å². The van der Waals surface area contributed by atoms with Crippen LogP contribution in [-0.4, -0.2) is 34.9 Å². The molecule has 20 heavy (non-hydrogen) atoms. The van der Waals surface area contributed by atoms with Crippen molar-refractivity contribution in [2.24, 2.45) is 5.92 Å². The molecule has 1 atom stereocenters. The fraction of sp³-hybridized carbons (Fsp3) is 0.625. The van der Waals surface area contributed by atoms with E-state index >= 15 is 0 Å². The zero-order valence-corrected chi connectivity index (χ0v) is 12.7. The number of carbonyl (C=O) groups is 1. The second-order valence-electron chi connectivity index (χ2n) is 5.81. The predicted molar refractivity (Wildman–Crippen MR) is 81.9 cm³/mol. The highest BCUT2D eigenvalue weighted by Gasteiger charge is 2.31. The Morgan fingerprint density at radius 3 is 3.05 bits per heavy atom. The van der Waals surface area contributed by atoms with E-state index in [-0.39, 0.29) is 5.91 Å². The molecule has 1 aromatic rings. The van der Waals surface area contributed by atoms with Gasteiger partial charge in [-0.1, -0.05) is 20.8 Å². The van der Waals surface area contributed by atoms with Crippen LogP contribution in [0.15, 0.2) is 18.3 Å². The van der Waals surface area contributed by atoms with E-state index in [1.54, 1.807) is 6.20 Å². The molecule has 2 rings (SSSR count). The summed E-state index contributed by atoms with van der Waals surface area (Å²) in [4.78, 5) is 18.9. The minimum atomic E-state index is 0.142. The van der Waals surface area contributed by atoms with Gasteiger partial charge in [-0.15, -0.1) is 0 Å². The summed E-state index contributed by atoms with van der Waals surface area (Å²) in [5.41, 5.74) is 0.742. The second-order valence-corrected chi connectivity index (χ2v) is 5.81. The Kier molecular flexibility index (Phi) is 4.99. The van der Waals surface area contributed by atoms with Gasteiger partial charge < -0.3 is 10.2 Å². The summed E-state index contributed by atoms with van der Waals surface area (Å²) in [5, 5.41) is 3.23. The van der Waals surface area contributed by atoms with E-state index in [0.717, 1.165) is 43.7 Å². The van der Waals surface area contributed by atoms with Crippen LogP contribution in [0.25, 0.3) is 0 Å². The summed E-state index contributed by atoms with van der Waals surface area (Å²) in [6.07, 6.45) is 4.99. The van der Waals surface area contributed by atoms with Crippen molar-refractivity contribution in [3.8, 4) is 0 Å². The van der Waals surface area contributed by atoms with Gasteiger partial charge in [0, 0.05) is 30.9 Å². The molecule has 1 aromatic heterocycles. The topological polar surface area (TPSA) is 45.2 Å². The first-order valence-electron chi connectivity index (χ1n) is 7.64. The molecule has 0 spiro atoms. The van der Waals surface area contributed by atoms with Crippen molar-refractivity contribution in [2.45, 2.75) is 46.1 Å². The molecule has 1 aliphatic heterocycles. The maximum atomic E-state index is 12.7. The van der Waals surface area contributed by atoms with E-state index < -0.39 is 0 Å². The summed E-state index contributed by atoms with van der Waals surface area (Å²) >= 11 is 0. The van der Waals surface area contributed by atoms with Crippen LogP contribution in [0.5, 0.6) is 0 Å². The number of aromatic nitrogens is 1. The number of anilines is 1. The molecule has 0 bridgehead atoms. The molecule has 1 saturated heterocycles. The van der Waals surface area contributed by atoms with Crippen LogP contribution in [0.2, 0.25) is 0 Å². The second kappa shape index (κ2) is 6.73. The molecule has 2 heterocycles. The standard InChI is InChI=1S/C16H25N3O/c1-4-8-17-15-11-13(7-9-18-15)16(20)19-10-5-6-14(19)12(2)3/h7,9,11-12,14H,4-6,8,10H2,1-3H3,(H,17,18). The number of carbonyl (C=O) groups excluding carboxylic acids is 1. The average Bonchev–Trinajstić information content (AvgIpc) is 2.94. The number of nitrogens with one attached hydrogen (secondary N) is 1. The number of amides is 1. The van der Waals surface area contributed by atoms with Gasteiger partial charge in [0.05, 0.1) is 0 Å². The fourth-order valence-electron chi connectivity index (χ4n) is 2.82. The van der Waals surface area contributed by atoms with Crippen LogP contribution in [0.1, 0.15) is 50.4 Å².